The van der Waals surface area contributed by atoms with Crippen molar-refractivity contribution < 1.29 is 14.6 Å². The van der Waals surface area contributed by atoms with Gasteiger partial charge in [0.2, 0.25) is 0 Å². The summed E-state index contributed by atoms with van der Waals surface area (Å²) >= 11 is 6.16. The lowest BCUT2D eigenvalue weighted by Gasteiger charge is -2.12. The summed E-state index contributed by atoms with van der Waals surface area (Å²) in [5, 5.41) is 12.1. The van der Waals surface area contributed by atoms with Crippen LogP contribution >= 0.6 is 11.6 Å². The first-order valence-electron chi connectivity index (χ1n) is 7.39. The molecule has 0 radical (unpaired) electrons. The molecule has 2 aromatic carbocycles. The molecular weight excluding hydrogens is 314 g/mol. The maximum Gasteiger partial charge on any atom is 0.253 e. The van der Waals surface area contributed by atoms with Gasteiger partial charge in [-0.3, -0.25) is 4.79 Å². The molecule has 2 N–H and O–H groups in total. The number of aryl methyl sites for hydroxylation is 2. The van der Waals surface area contributed by atoms with Crippen LogP contribution in [0.2, 0.25) is 5.02 Å². The maximum absolute atomic E-state index is 12.4. The second kappa shape index (κ2) is 7.99. The molecule has 0 aliphatic rings. The Bertz CT molecular complexity index is 701. The molecule has 1 amide bonds. The van der Waals surface area contributed by atoms with E-state index in [4.69, 9.17) is 21.4 Å². The lowest BCUT2D eigenvalue weighted by molar-refractivity contribution is 0.0950. The predicted molar refractivity (Wildman–Crippen MR) is 91.1 cm³/mol. The number of hydrogen-bond donors (Lipinski definition) is 2. The van der Waals surface area contributed by atoms with Crippen LogP contribution in [0.3, 0.4) is 0 Å². The summed E-state index contributed by atoms with van der Waals surface area (Å²) < 4.78 is 5.46. The van der Waals surface area contributed by atoms with E-state index in [-0.39, 0.29) is 19.1 Å². The zero-order valence-electron chi connectivity index (χ0n) is 13.2. The molecule has 0 fully saturated rings. The van der Waals surface area contributed by atoms with E-state index in [9.17, 15) is 4.79 Å². The molecule has 0 heterocycles. The van der Waals surface area contributed by atoms with Crippen molar-refractivity contribution in [3.8, 4) is 5.75 Å². The third kappa shape index (κ3) is 4.47. The molecule has 0 saturated heterocycles. The van der Waals surface area contributed by atoms with Crippen molar-refractivity contribution in [2.75, 3.05) is 13.2 Å². The van der Waals surface area contributed by atoms with Gasteiger partial charge in [-0.15, -0.1) is 0 Å². The Morgan fingerprint density at radius 3 is 2.65 bits per heavy atom. The zero-order chi connectivity index (χ0) is 16.8. The van der Waals surface area contributed by atoms with E-state index in [1.165, 1.54) is 0 Å². The lowest BCUT2D eigenvalue weighted by atomic mass is 10.1. The van der Waals surface area contributed by atoms with E-state index in [0.29, 0.717) is 22.9 Å². The average molecular weight is 334 g/mol. The Morgan fingerprint density at radius 2 is 1.91 bits per heavy atom. The molecule has 0 saturated carbocycles. The predicted octanol–water partition coefficient (Wildman–Crippen LogP) is 3.26. The summed E-state index contributed by atoms with van der Waals surface area (Å²) in [4.78, 5) is 12.4. The van der Waals surface area contributed by atoms with Gasteiger partial charge in [0.15, 0.2) is 0 Å². The van der Waals surface area contributed by atoms with Gasteiger partial charge in [0.25, 0.3) is 5.91 Å². The zero-order valence-corrected chi connectivity index (χ0v) is 14.0. The van der Waals surface area contributed by atoms with Gasteiger partial charge in [-0.25, -0.2) is 0 Å². The van der Waals surface area contributed by atoms with Gasteiger partial charge in [-0.05, 0) is 43.2 Å². The van der Waals surface area contributed by atoms with E-state index >= 15 is 0 Å². The first kappa shape index (κ1) is 17.3. The second-order valence-electron chi connectivity index (χ2n) is 5.28. The van der Waals surface area contributed by atoms with E-state index in [1.807, 2.05) is 32.0 Å². The summed E-state index contributed by atoms with van der Waals surface area (Å²) in [6, 6.07) is 11.0. The van der Waals surface area contributed by atoms with E-state index in [0.717, 1.165) is 16.7 Å². The topological polar surface area (TPSA) is 58.6 Å². The van der Waals surface area contributed by atoms with Crippen LogP contribution in [0.25, 0.3) is 0 Å². The molecule has 2 aromatic rings. The third-order valence-electron chi connectivity index (χ3n) is 3.59. The maximum atomic E-state index is 12.4. The number of ether oxygens (including phenoxy) is 1. The summed E-state index contributed by atoms with van der Waals surface area (Å²) in [6.07, 6.45) is 0. The normalized spacial score (nSPS) is 10.4. The minimum absolute atomic E-state index is 0.0566. The first-order chi connectivity index (χ1) is 11.0. The quantitative estimate of drug-likeness (QED) is 0.853. The highest BCUT2D eigenvalue weighted by atomic mass is 35.5. The molecule has 0 aromatic heterocycles. The highest BCUT2D eigenvalue weighted by molar-refractivity contribution is 6.34. The number of carbonyl (C=O) groups is 1. The number of carbonyl (C=O) groups excluding carboxylic acids is 1. The molecular formula is C18H20ClNO3. The average Bonchev–Trinajstić information content (AvgIpc) is 2.54. The number of halogens is 1. The molecule has 5 heteroatoms. The molecule has 0 unspecified atom stereocenters. The molecule has 0 aliphatic carbocycles. The first-order valence-corrected chi connectivity index (χ1v) is 7.77. The van der Waals surface area contributed by atoms with Crippen molar-refractivity contribution in [3.05, 3.63) is 63.7 Å². The molecule has 23 heavy (non-hydrogen) atoms. The van der Waals surface area contributed by atoms with Gasteiger partial charge in [0.05, 0.1) is 17.2 Å². The molecule has 0 atom stereocenters. The van der Waals surface area contributed by atoms with Gasteiger partial charge < -0.3 is 15.2 Å². The van der Waals surface area contributed by atoms with Gasteiger partial charge in [0, 0.05) is 12.1 Å². The minimum atomic E-state index is -0.227. The van der Waals surface area contributed by atoms with Crippen LogP contribution in [0, 0.1) is 13.8 Å². The van der Waals surface area contributed by atoms with Crippen molar-refractivity contribution >= 4 is 17.5 Å². The third-order valence-corrected chi connectivity index (χ3v) is 3.90. The van der Waals surface area contributed by atoms with Gasteiger partial charge >= 0.3 is 0 Å². The van der Waals surface area contributed by atoms with Gasteiger partial charge in [-0.2, -0.15) is 0 Å². The fourth-order valence-electron chi connectivity index (χ4n) is 2.17. The van der Waals surface area contributed by atoms with Gasteiger partial charge in [-0.1, -0.05) is 29.8 Å². The van der Waals surface area contributed by atoms with Crippen molar-refractivity contribution in [2.24, 2.45) is 0 Å². The van der Waals surface area contributed by atoms with Crippen molar-refractivity contribution in [3.63, 3.8) is 0 Å². The molecule has 122 valence electrons. The van der Waals surface area contributed by atoms with E-state index in [1.54, 1.807) is 18.2 Å². The fourth-order valence-corrected chi connectivity index (χ4v) is 2.48. The number of aliphatic hydroxyl groups excluding tert-OH is 1. The number of aliphatic hydroxyl groups is 1. The van der Waals surface area contributed by atoms with Crippen LogP contribution in [0.5, 0.6) is 5.75 Å². The SMILES string of the molecule is Cc1cc(Cl)c(C(=O)NCc2ccccc2OCCO)cc1C. The Hall–Kier alpha value is -2.04. The minimum Gasteiger partial charge on any atom is -0.491 e. The van der Waals surface area contributed by atoms with Crippen LogP contribution in [0.4, 0.5) is 0 Å². The van der Waals surface area contributed by atoms with Crippen LogP contribution in [0.1, 0.15) is 27.0 Å². The Kier molecular flexibility index (Phi) is 6.02. The highest BCUT2D eigenvalue weighted by Gasteiger charge is 2.12. The fraction of sp³-hybridized carbons (Fsp3) is 0.278. The van der Waals surface area contributed by atoms with Gasteiger partial charge in [0.1, 0.15) is 12.4 Å². The summed E-state index contributed by atoms with van der Waals surface area (Å²) in [6.45, 7) is 4.38. The Labute approximate surface area is 141 Å². The monoisotopic (exact) mass is 333 g/mol. The van der Waals surface area contributed by atoms with E-state index in [2.05, 4.69) is 5.32 Å². The Balaban J connectivity index is 2.09. The lowest BCUT2D eigenvalue weighted by Crippen LogP contribution is -2.23. The number of benzene rings is 2. The number of amides is 1. The van der Waals surface area contributed by atoms with Crippen molar-refractivity contribution in [2.45, 2.75) is 20.4 Å². The molecule has 0 bridgehead atoms. The molecule has 0 aliphatic heterocycles. The molecule has 2 rings (SSSR count). The van der Waals surface area contributed by atoms with Crippen molar-refractivity contribution in [1.82, 2.24) is 5.32 Å². The second-order valence-corrected chi connectivity index (χ2v) is 5.69. The summed E-state index contributed by atoms with van der Waals surface area (Å²) in [5.41, 5.74) is 3.37. The highest BCUT2D eigenvalue weighted by Crippen LogP contribution is 2.22. The summed E-state index contributed by atoms with van der Waals surface area (Å²) in [5.74, 6) is 0.420. The number of para-hydroxylation sites is 1. The standard InChI is InChI=1S/C18H20ClNO3/c1-12-9-15(16(19)10-13(12)2)18(22)20-11-14-5-3-4-6-17(14)23-8-7-21/h3-6,9-10,21H,7-8,11H2,1-2H3,(H,20,22). The Morgan fingerprint density at radius 1 is 1.22 bits per heavy atom. The van der Waals surface area contributed by atoms with Crippen LogP contribution in [-0.2, 0) is 6.54 Å². The number of nitrogens with one attached hydrogen (secondary N) is 1. The van der Waals surface area contributed by atoms with Crippen LogP contribution in [-0.4, -0.2) is 24.2 Å². The smallest absolute Gasteiger partial charge is 0.253 e. The van der Waals surface area contributed by atoms with Crippen molar-refractivity contribution in [1.29, 1.82) is 0 Å². The van der Waals surface area contributed by atoms with Crippen LogP contribution < -0.4 is 10.1 Å². The molecule has 4 nitrogen and oxygen atoms in total. The largest absolute Gasteiger partial charge is 0.491 e. The van der Waals surface area contributed by atoms with Crippen LogP contribution in [0.15, 0.2) is 36.4 Å². The molecule has 0 spiro atoms. The summed E-state index contributed by atoms with van der Waals surface area (Å²) in [7, 11) is 0. The number of hydrogen-bond acceptors (Lipinski definition) is 3. The van der Waals surface area contributed by atoms with E-state index < -0.39 is 0 Å². The number of rotatable bonds is 6.